The number of nitrogens with zero attached hydrogens (tertiary/aromatic N) is 1. The first-order valence-corrected chi connectivity index (χ1v) is 5.20. The average molecular weight is 188 g/mol. The summed E-state index contributed by atoms with van der Waals surface area (Å²) in [6.45, 7) is 2.04. The lowest BCUT2D eigenvalue weighted by molar-refractivity contribution is 0.909. The largest absolute Gasteiger partial charge is 0.246 e. The zero-order chi connectivity index (χ0) is 7.84. The lowest BCUT2D eigenvalue weighted by Crippen LogP contribution is -1.83. The van der Waals surface area contributed by atoms with Gasteiger partial charge in [-0.3, -0.25) is 0 Å². The Balaban J connectivity index is 2.08. The molecule has 11 heavy (non-hydrogen) atoms. The van der Waals surface area contributed by atoms with E-state index < -0.39 is 0 Å². The molecule has 0 radical (unpaired) electrons. The number of rotatable bonds is 2. The van der Waals surface area contributed by atoms with Crippen LogP contribution in [0.5, 0.6) is 0 Å². The van der Waals surface area contributed by atoms with Gasteiger partial charge in [0.25, 0.3) is 0 Å². The van der Waals surface area contributed by atoms with Gasteiger partial charge in [-0.05, 0) is 19.3 Å². The van der Waals surface area contributed by atoms with E-state index in [0.29, 0.717) is 11.8 Å². The van der Waals surface area contributed by atoms with Gasteiger partial charge in [0.1, 0.15) is 0 Å². The average Bonchev–Trinajstić information content (AvgIpc) is 2.68. The summed E-state index contributed by atoms with van der Waals surface area (Å²) in [5.41, 5.74) is 1.14. The molecule has 1 saturated carbocycles. The third-order valence-electron chi connectivity index (χ3n) is 2.07. The molecule has 0 amide bonds. The molecular weight excluding hydrogens is 178 g/mol. The van der Waals surface area contributed by atoms with Crippen LogP contribution in [-0.2, 0) is 0 Å². The van der Waals surface area contributed by atoms with E-state index >= 15 is 0 Å². The minimum absolute atomic E-state index is 0.686. The number of hydrogen-bond acceptors (Lipinski definition) is 2. The predicted molar refractivity (Wildman–Crippen MR) is 48.4 cm³/mol. The Kier molecular flexibility index (Phi) is 1.90. The number of halogens is 1. The maximum atomic E-state index is 5.73. The number of aromatic nitrogens is 1. The molecular formula is C8H10ClNS. The Hall–Kier alpha value is -0.0800. The van der Waals surface area contributed by atoms with Gasteiger partial charge in [-0.1, -0.05) is 0 Å². The molecule has 2 atom stereocenters. The van der Waals surface area contributed by atoms with Crippen molar-refractivity contribution in [2.75, 3.05) is 5.88 Å². The molecule has 2 unspecified atom stereocenters. The van der Waals surface area contributed by atoms with Crippen LogP contribution in [0.1, 0.15) is 23.0 Å². The number of hydrogen-bond donors (Lipinski definition) is 0. The van der Waals surface area contributed by atoms with E-state index in [1.165, 1.54) is 11.4 Å². The minimum Gasteiger partial charge on any atom is -0.246 e. The van der Waals surface area contributed by atoms with Crippen LogP contribution >= 0.6 is 22.9 Å². The maximum absolute atomic E-state index is 5.73. The molecule has 0 N–H and O–H groups in total. The zero-order valence-corrected chi connectivity index (χ0v) is 7.95. The molecule has 0 saturated heterocycles. The summed E-state index contributed by atoms with van der Waals surface area (Å²) >= 11 is 7.50. The molecule has 1 aromatic heterocycles. The third-order valence-corrected chi connectivity index (χ3v) is 3.57. The molecule has 1 heterocycles. The second kappa shape index (κ2) is 2.76. The van der Waals surface area contributed by atoms with Gasteiger partial charge in [-0.25, -0.2) is 4.98 Å². The second-order valence-corrected chi connectivity index (χ2v) is 4.28. The fraction of sp³-hybridized carbons (Fsp3) is 0.625. The van der Waals surface area contributed by atoms with E-state index in [0.717, 1.165) is 11.6 Å². The molecule has 0 bridgehead atoms. The standard InChI is InChI=1S/C8H10ClNS/c1-5-4-11-8(10-5)7-2-6(7)3-9/h4,6-7H,2-3H2,1H3. The first kappa shape index (κ1) is 7.56. The molecule has 1 fully saturated rings. The smallest absolute Gasteiger partial charge is 0.0962 e. The summed E-state index contributed by atoms with van der Waals surface area (Å²) < 4.78 is 0. The Morgan fingerprint density at radius 2 is 2.64 bits per heavy atom. The summed E-state index contributed by atoms with van der Waals surface area (Å²) in [5.74, 6) is 2.19. The van der Waals surface area contributed by atoms with Crippen LogP contribution in [-0.4, -0.2) is 10.9 Å². The van der Waals surface area contributed by atoms with Gasteiger partial charge >= 0.3 is 0 Å². The number of thiazole rings is 1. The van der Waals surface area contributed by atoms with E-state index in [2.05, 4.69) is 10.4 Å². The van der Waals surface area contributed by atoms with Gasteiger partial charge < -0.3 is 0 Å². The summed E-state index contributed by atoms with van der Waals surface area (Å²) in [5, 5.41) is 3.40. The Morgan fingerprint density at radius 3 is 3.09 bits per heavy atom. The molecule has 1 aliphatic rings. The van der Waals surface area contributed by atoms with Crippen molar-refractivity contribution in [3.63, 3.8) is 0 Å². The summed E-state index contributed by atoms with van der Waals surface area (Å²) in [6.07, 6.45) is 1.25. The highest BCUT2D eigenvalue weighted by Gasteiger charge is 2.39. The summed E-state index contributed by atoms with van der Waals surface area (Å²) in [4.78, 5) is 4.43. The Morgan fingerprint density at radius 1 is 1.82 bits per heavy atom. The van der Waals surface area contributed by atoms with E-state index in [4.69, 9.17) is 11.6 Å². The van der Waals surface area contributed by atoms with Gasteiger partial charge in [0.2, 0.25) is 0 Å². The molecule has 1 aliphatic carbocycles. The van der Waals surface area contributed by atoms with Crippen molar-refractivity contribution in [2.24, 2.45) is 5.92 Å². The van der Waals surface area contributed by atoms with Crippen LogP contribution in [0.15, 0.2) is 5.38 Å². The fourth-order valence-electron chi connectivity index (χ4n) is 1.26. The highest BCUT2D eigenvalue weighted by Crippen LogP contribution is 2.48. The monoisotopic (exact) mass is 187 g/mol. The summed E-state index contributed by atoms with van der Waals surface area (Å²) in [6, 6.07) is 0. The van der Waals surface area contributed by atoms with Crippen molar-refractivity contribution >= 4 is 22.9 Å². The lowest BCUT2D eigenvalue weighted by atomic mass is 10.3. The maximum Gasteiger partial charge on any atom is 0.0962 e. The van der Waals surface area contributed by atoms with Crippen LogP contribution in [0.4, 0.5) is 0 Å². The van der Waals surface area contributed by atoms with Gasteiger partial charge in [0.15, 0.2) is 0 Å². The van der Waals surface area contributed by atoms with E-state index in [1.807, 2.05) is 6.92 Å². The van der Waals surface area contributed by atoms with Crippen molar-refractivity contribution in [1.82, 2.24) is 4.98 Å². The Labute approximate surface area is 75.4 Å². The van der Waals surface area contributed by atoms with Crippen molar-refractivity contribution < 1.29 is 0 Å². The van der Waals surface area contributed by atoms with Crippen molar-refractivity contribution in [3.05, 3.63) is 16.1 Å². The molecule has 1 aromatic rings. The molecule has 1 nitrogen and oxygen atoms in total. The van der Waals surface area contributed by atoms with Gasteiger partial charge in [0, 0.05) is 22.9 Å². The zero-order valence-electron chi connectivity index (χ0n) is 6.38. The topological polar surface area (TPSA) is 12.9 Å². The van der Waals surface area contributed by atoms with Crippen LogP contribution in [0.2, 0.25) is 0 Å². The summed E-state index contributed by atoms with van der Waals surface area (Å²) in [7, 11) is 0. The highest BCUT2D eigenvalue weighted by atomic mass is 35.5. The van der Waals surface area contributed by atoms with Gasteiger partial charge in [0.05, 0.1) is 5.01 Å². The first-order valence-electron chi connectivity index (χ1n) is 3.79. The molecule has 0 aromatic carbocycles. The van der Waals surface area contributed by atoms with E-state index in [-0.39, 0.29) is 0 Å². The van der Waals surface area contributed by atoms with Crippen molar-refractivity contribution in [3.8, 4) is 0 Å². The second-order valence-electron chi connectivity index (χ2n) is 3.08. The first-order chi connectivity index (χ1) is 5.31. The molecule has 0 spiro atoms. The van der Waals surface area contributed by atoms with Crippen LogP contribution in [0.3, 0.4) is 0 Å². The molecule has 2 rings (SSSR count). The molecule has 0 aliphatic heterocycles. The van der Waals surface area contributed by atoms with Gasteiger partial charge in [-0.15, -0.1) is 22.9 Å². The highest BCUT2D eigenvalue weighted by molar-refractivity contribution is 7.09. The van der Waals surface area contributed by atoms with E-state index in [9.17, 15) is 0 Å². The van der Waals surface area contributed by atoms with E-state index in [1.54, 1.807) is 11.3 Å². The number of alkyl halides is 1. The minimum atomic E-state index is 0.686. The SMILES string of the molecule is Cc1csc(C2CC2CCl)n1. The fourth-order valence-corrected chi connectivity index (χ4v) is 2.61. The molecule has 60 valence electrons. The third kappa shape index (κ3) is 1.42. The van der Waals surface area contributed by atoms with Gasteiger partial charge in [-0.2, -0.15) is 0 Å². The van der Waals surface area contributed by atoms with Crippen molar-refractivity contribution in [1.29, 1.82) is 0 Å². The normalized spacial score (nSPS) is 28.9. The van der Waals surface area contributed by atoms with Crippen LogP contribution in [0.25, 0.3) is 0 Å². The Bertz CT molecular complexity index is 258. The predicted octanol–water partition coefficient (Wildman–Crippen LogP) is 2.79. The molecule has 3 heteroatoms. The van der Waals surface area contributed by atoms with Crippen LogP contribution < -0.4 is 0 Å². The van der Waals surface area contributed by atoms with Crippen LogP contribution in [0, 0.1) is 12.8 Å². The number of aryl methyl sites for hydroxylation is 1. The lowest BCUT2D eigenvalue weighted by Gasteiger charge is -1.88. The quantitative estimate of drug-likeness (QED) is 0.649. The van der Waals surface area contributed by atoms with Crippen molar-refractivity contribution in [2.45, 2.75) is 19.3 Å².